The van der Waals surface area contributed by atoms with Crippen molar-refractivity contribution in [3.63, 3.8) is 0 Å². The SMILES string of the molecule is CC1(C)[C@H](C=C2CCC2)[C@H]1C(=O)O[C@H](C#N)c1ccc(F)c(Oc2ccccc2)c1. The smallest absolute Gasteiger partial charge is 0.311 e. The first-order valence-corrected chi connectivity index (χ1v) is 10.2. The first kappa shape index (κ1) is 20.2. The van der Waals surface area contributed by atoms with Crippen molar-refractivity contribution in [3.8, 4) is 17.6 Å². The quantitative estimate of drug-likeness (QED) is 0.430. The number of carbonyl (C=O) groups is 1. The maximum atomic E-state index is 14.2. The molecule has 2 saturated carbocycles. The average Bonchev–Trinajstić information content (AvgIpc) is 3.25. The lowest BCUT2D eigenvalue weighted by Gasteiger charge is -2.16. The molecule has 4 rings (SSSR count). The minimum atomic E-state index is -1.12. The normalized spacial score (nSPS) is 22.3. The summed E-state index contributed by atoms with van der Waals surface area (Å²) in [6.07, 6.45) is 4.51. The van der Waals surface area contributed by atoms with Gasteiger partial charge in [-0.3, -0.25) is 4.79 Å². The summed E-state index contributed by atoms with van der Waals surface area (Å²) in [6, 6.07) is 14.9. The number of ether oxygens (including phenoxy) is 2. The molecule has 2 aromatic carbocycles. The van der Waals surface area contributed by atoms with Crippen LogP contribution in [0.2, 0.25) is 0 Å². The number of allylic oxidation sites excluding steroid dienone is 2. The molecule has 0 bridgehead atoms. The molecule has 3 atom stereocenters. The molecular formula is C25H24FNO3. The van der Waals surface area contributed by atoms with Crippen molar-refractivity contribution in [2.45, 2.75) is 39.2 Å². The lowest BCUT2D eigenvalue weighted by molar-refractivity contribution is -0.149. The fourth-order valence-corrected chi connectivity index (χ4v) is 3.98. The van der Waals surface area contributed by atoms with Crippen LogP contribution in [0.25, 0.3) is 0 Å². The largest absolute Gasteiger partial charge is 0.454 e. The van der Waals surface area contributed by atoms with E-state index in [1.54, 1.807) is 24.3 Å². The zero-order chi connectivity index (χ0) is 21.3. The summed E-state index contributed by atoms with van der Waals surface area (Å²) in [4.78, 5) is 12.8. The summed E-state index contributed by atoms with van der Waals surface area (Å²) in [6.45, 7) is 4.09. The van der Waals surface area contributed by atoms with Gasteiger partial charge in [-0.15, -0.1) is 0 Å². The number of carbonyl (C=O) groups excluding carboxylic acids is 1. The highest BCUT2D eigenvalue weighted by molar-refractivity contribution is 5.78. The van der Waals surface area contributed by atoms with Gasteiger partial charge in [-0.1, -0.05) is 49.8 Å². The van der Waals surface area contributed by atoms with Crippen LogP contribution >= 0.6 is 0 Å². The lowest BCUT2D eigenvalue weighted by atomic mass is 9.90. The second-order valence-corrected chi connectivity index (χ2v) is 8.55. The highest BCUT2D eigenvalue weighted by Crippen LogP contribution is 2.60. The van der Waals surface area contributed by atoms with E-state index in [0.717, 1.165) is 12.8 Å². The number of esters is 1. The fraction of sp³-hybridized carbons (Fsp3) is 0.360. The number of nitrogens with zero attached hydrogens (tertiary/aromatic N) is 1. The van der Waals surface area contributed by atoms with E-state index in [4.69, 9.17) is 9.47 Å². The highest BCUT2D eigenvalue weighted by Gasteiger charge is 2.61. The van der Waals surface area contributed by atoms with Gasteiger partial charge in [0, 0.05) is 5.56 Å². The number of halogens is 1. The molecule has 0 N–H and O–H groups in total. The molecule has 0 radical (unpaired) electrons. The topological polar surface area (TPSA) is 59.3 Å². The van der Waals surface area contributed by atoms with Crippen LogP contribution in [-0.2, 0) is 9.53 Å². The molecule has 5 heteroatoms. The molecule has 0 unspecified atom stereocenters. The van der Waals surface area contributed by atoms with E-state index in [2.05, 4.69) is 6.08 Å². The van der Waals surface area contributed by atoms with E-state index in [9.17, 15) is 14.4 Å². The second kappa shape index (κ2) is 7.95. The van der Waals surface area contributed by atoms with E-state index < -0.39 is 11.9 Å². The summed E-state index contributed by atoms with van der Waals surface area (Å²) >= 11 is 0. The van der Waals surface area contributed by atoms with E-state index in [1.807, 2.05) is 26.0 Å². The van der Waals surface area contributed by atoms with Gasteiger partial charge in [-0.2, -0.15) is 5.26 Å². The molecule has 30 heavy (non-hydrogen) atoms. The zero-order valence-corrected chi connectivity index (χ0v) is 17.1. The van der Waals surface area contributed by atoms with Crippen LogP contribution in [-0.4, -0.2) is 5.97 Å². The van der Waals surface area contributed by atoms with Gasteiger partial charge in [0.2, 0.25) is 6.10 Å². The maximum absolute atomic E-state index is 14.2. The third kappa shape index (κ3) is 3.95. The van der Waals surface area contributed by atoms with Crippen LogP contribution < -0.4 is 4.74 Å². The Hall–Kier alpha value is -3.13. The minimum absolute atomic E-state index is 0.0191. The van der Waals surface area contributed by atoms with Crippen LogP contribution in [0.15, 0.2) is 60.2 Å². The Balaban J connectivity index is 1.48. The molecule has 0 saturated heterocycles. The predicted molar refractivity (Wildman–Crippen MR) is 110 cm³/mol. The average molecular weight is 405 g/mol. The molecule has 0 heterocycles. The Morgan fingerprint density at radius 1 is 1.23 bits per heavy atom. The summed E-state index contributed by atoms with van der Waals surface area (Å²) in [5.41, 5.74) is 1.61. The third-order valence-corrected chi connectivity index (χ3v) is 6.16. The van der Waals surface area contributed by atoms with E-state index in [0.29, 0.717) is 11.3 Å². The molecule has 0 amide bonds. The lowest BCUT2D eigenvalue weighted by Crippen LogP contribution is -2.14. The molecule has 0 aliphatic heterocycles. The van der Waals surface area contributed by atoms with Crippen molar-refractivity contribution in [2.75, 3.05) is 0 Å². The number of hydrogen-bond donors (Lipinski definition) is 0. The Labute approximate surface area is 175 Å². The molecular weight excluding hydrogens is 381 g/mol. The van der Waals surface area contributed by atoms with Crippen LogP contribution in [0.5, 0.6) is 11.5 Å². The van der Waals surface area contributed by atoms with Crippen LogP contribution in [0.4, 0.5) is 4.39 Å². The highest BCUT2D eigenvalue weighted by atomic mass is 19.1. The van der Waals surface area contributed by atoms with Crippen molar-refractivity contribution >= 4 is 5.97 Å². The molecule has 2 fully saturated rings. The number of nitriles is 1. The zero-order valence-electron chi connectivity index (χ0n) is 17.1. The number of para-hydroxylation sites is 1. The number of hydrogen-bond acceptors (Lipinski definition) is 4. The Kier molecular flexibility index (Phi) is 5.34. The van der Waals surface area contributed by atoms with E-state index in [1.165, 1.54) is 30.2 Å². The summed E-state index contributed by atoms with van der Waals surface area (Å²) in [7, 11) is 0. The van der Waals surface area contributed by atoms with Crippen LogP contribution in [0.3, 0.4) is 0 Å². The molecule has 0 aromatic heterocycles. The minimum Gasteiger partial charge on any atom is -0.454 e. The van der Waals surface area contributed by atoms with Gasteiger partial charge in [0.15, 0.2) is 11.6 Å². The van der Waals surface area contributed by atoms with Crippen LogP contribution in [0, 0.1) is 34.4 Å². The fourth-order valence-electron chi connectivity index (χ4n) is 3.98. The molecule has 4 nitrogen and oxygen atoms in total. The van der Waals surface area contributed by atoms with Crippen molar-refractivity contribution < 1.29 is 18.7 Å². The summed E-state index contributed by atoms with van der Waals surface area (Å²) in [5, 5.41) is 9.60. The van der Waals surface area contributed by atoms with Gasteiger partial charge in [-0.05, 0) is 54.9 Å². The van der Waals surface area contributed by atoms with Gasteiger partial charge in [0.05, 0.1) is 5.92 Å². The van der Waals surface area contributed by atoms with Gasteiger partial charge in [0.1, 0.15) is 11.8 Å². The Morgan fingerprint density at radius 2 is 1.97 bits per heavy atom. The molecule has 0 spiro atoms. The Morgan fingerprint density at radius 3 is 2.60 bits per heavy atom. The molecule has 154 valence electrons. The molecule has 2 aliphatic rings. The van der Waals surface area contributed by atoms with Gasteiger partial charge < -0.3 is 9.47 Å². The van der Waals surface area contributed by atoms with Crippen LogP contribution in [0.1, 0.15) is 44.8 Å². The first-order chi connectivity index (χ1) is 14.4. The summed E-state index contributed by atoms with van der Waals surface area (Å²) < 4.78 is 25.4. The van der Waals surface area contributed by atoms with Crippen molar-refractivity contribution in [3.05, 3.63) is 71.6 Å². The van der Waals surface area contributed by atoms with Crippen molar-refractivity contribution in [2.24, 2.45) is 17.3 Å². The summed E-state index contributed by atoms with van der Waals surface area (Å²) in [5.74, 6) is -0.601. The number of rotatable bonds is 6. The van der Waals surface area contributed by atoms with E-state index >= 15 is 0 Å². The monoisotopic (exact) mass is 405 g/mol. The number of benzene rings is 2. The standard InChI is InChI=1S/C25H24FNO3/c1-25(2)19(13-16-7-6-8-16)23(25)24(28)30-22(15-27)17-11-12-20(26)21(14-17)29-18-9-4-3-5-10-18/h3-5,9-14,19,22-23H,6-8H2,1-2H3/t19-,22-,23+/m1/s1. The molecule has 2 aromatic rings. The van der Waals surface area contributed by atoms with Gasteiger partial charge in [0.25, 0.3) is 0 Å². The molecule has 2 aliphatic carbocycles. The van der Waals surface area contributed by atoms with Crippen molar-refractivity contribution in [1.82, 2.24) is 0 Å². The van der Waals surface area contributed by atoms with Gasteiger partial charge in [-0.25, -0.2) is 4.39 Å². The third-order valence-electron chi connectivity index (χ3n) is 6.16. The van der Waals surface area contributed by atoms with E-state index in [-0.39, 0.29) is 29.0 Å². The predicted octanol–water partition coefficient (Wildman–Crippen LogP) is 6.11. The second-order valence-electron chi connectivity index (χ2n) is 8.55. The Bertz CT molecular complexity index is 1020. The van der Waals surface area contributed by atoms with Gasteiger partial charge >= 0.3 is 5.97 Å². The van der Waals surface area contributed by atoms with Crippen molar-refractivity contribution in [1.29, 1.82) is 5.26 Å². The first-order valence-electron chi connectivity index (χ1n) is 10.2. The maximum Gasteiger partial charge on any atom is 0.311 e.